The first-order valence-electron chi connectivity index (χ1n) is 6.18. The van der Waals surface area contributed by atoms with Gasteiger partial charge in [0.25, 0.3) is 0 Å². The van der Waals surface area contributed by atoms with Gasteiger partial charge >= 0.3 is 0 Å². The fourth-order valence-electron chi connectivity index (χ4n) is 2.16. The van der Waals surface area contributed by atoms with E-state index in [9.17, 15) is 4.79 Å². The van der Waals surface area contributed by atoms with Gasteiger partial charge in [-0.3, -0.25) is 4.79 Å². The van der Waals surface area contributed by atoms with Gasteiger partial charge in [0.2, 0.25) is 5.91 Å². The number of amides is 1. The third kappa shape index (κ3) is 4.71. The average molecular weight is 249 g/mol. The summed E-state index contributed by atoms with van der Waals surface area (Å²) in [4.78, 5) is 11.9. The van der Waals surface area contributed by atoms with Crippen LogP contribution in [0.4, 0.5) is 0 Å². The molecule has 0 aromatic rings. The van der Waals surface area contributed by atoms with Crippen LogP contribution >= 0.6 is 12.4 Å². The van der Waals surface area contributed by atoms with Crippen LogP contribution in [0.25, 0.3) is 0 Å². The van der Waals surface area contributed by atoms with Crippen molar-refractivity contribution in [2.45, 2.75) is 46.0 Å². The summed E-state index contributed by atoms with van der Waals surface area (Å²) >= 11 is 0. The molecule has 0 heterocycles. The Morgan fingerprint density at radius 1 is 1.19 bits per heavy atom. The van der Waals surface area contributed by atoms with Crippen LogP contribution in [0.2, 0.25) is 0 Å². The van der Waals surface area contributed by atoms with Gasteiger partial charge in [0.15, 0.2) is 0 Å². The normalized spacial score (nSPS) is 17.9. The first-order chi connectivity index (χ1) is 7.19. The Balaban J connectivity index is 0.00000225. The molecule has 0 bridgehead atoms. The van der Waals surface area contributed by atoms with E-state index in [0.717, 1.165) is 38.9 Å². The summed E-state index contributed by atoms with van der Waals surface area (Å²) < 4.78 is 0. The number of carbonyl (C=O) groups is 1. The molecule has 3 nitrogen and oxygen atoms in total. The molecule has 1 fully saturated rings. The van der Waals surface area contributed by atoms with Gasteiger partial charge < -0.3 is 10.6 Å². The Morgan fingerprint density at radius 3 is 2.38 bits per heavy atom. The second-order valence-corrected chi connectivity index (χ2v) is 4.77. The molecule has 0 unspecified atom stereocenters. The molecule has 0 spiro atoms. The minimum atomic E-state index is -0.0786. The van der Waals surface area contributed by atoms with Gasteiger partial charge in [-0.1, -0.05) is 26.7 Å². The summed E-state index contributed by atoms with van der Waals surface area (Å²) in [5.41, 5.74) is -0.0786. The standard InChI is InChI=1S/C12H24N2O.ClH/c1-3-8-13-9-10-14-11(15)12(2)6-4-5-7-12;/h13H,3-10H2,1-2H3,(H,14,15);1H. The number of halogens is 1. The molecule has 1 saturated carbocycles. The molecule has 0 aliphatic heterocycles. The predicted molar refractivity (Wildman–Crippen MR) is 70.0 cm³/mol. The van der Waals surface area contributed by atoms with Gasteiger partial charge in [-0.25, -0.2) is 0 Å². The Morgan fingerprint density at radius 2 is 1.81 bits per heavy atom. The quantitative estimate of drug-likeness (QED) is 0.707. The van der Waals surface area contributed by atoms with Crippen LogP contribution in [-0.4, -0.2) is 25.5 Å². The molecule has 0 aromatic heterocycles. The van der Waals surface area contributed by atoms with E-state index >= 15 is 0 Å². The second kappa shape index (κ2) is 7.91. The summed E-state index contributed by atoms with van der Waals surface area (Å²) in [6.07, 6.45) is 5.67. The van der Waals surface area contributed by atoms with Crippen molar-refractivity contribution < 1.29 is 4.79 Å². The maximum atomic E-state index is 11.9. The highest BCUT2D eigenvalue weighted by Gasteiger charge is 2.35. The highest BCUT2D eigenvalue weighted by Crippen LogP contribution is 2.37. The van der Waals surface area contributed by atoms with Gasteiger partial charge in [0.1, 0.15) is 0 Å². The number of rotatable bonds is 6. The van der Waals surface area contributed by atoms with Crippen molar-refractivity contribution in [3.05, 3.63) is 0 Å². The zero-order chi connectivity index (χ0) is 11.1. The van der Waals surface area contributed by atoms with E-state index in [0.29, 0.717) is 0 Å². The van der Waals surface area contributed by atoms with Crippen LogP contribution in [0.15, 0.2) is 0 Å². The van der Waals surface area contributed by atoms with Crippen molar-refractivity contribution in [3.63, 3.8) is 0 Å². The maximum Gasteiger partial charge on any atom is 0.225 e. The molecule has 4 heteroatoms. The summed E-state index contributed by atoms with van der Waals surface area (Å²) in [5.74, 6) is 0.248. The Bertz CT molecular complexity index is 203. The molecule has 2 N–H and O–H groups in total. The van der Waals surface area contributed by atoms with Crippen molar-refractivity contribution in [2.24, 2.45) is 5.41 Å². The lowest BCUT2D eigenvalue weighted by Gasteiger charge is -2.22. The zero-order valence-electron chi connectivity index (χ0n) is 10.5. The molecule has 0 atom stereocenters. The molecule has 0 radical (unpaired) electrons. The van der Waals surface area contributed by atoms with Gasteiger partial charge in [0.05, 0.1) is 0 Å². The van der Waals surface area contributed by atoms with Gasteiger partial charge in [-0.2, -0.15) is 0 Å². The summed E-state index contributed by atoms with van der Waals surface area (Å²) in [6.45, 7) is 6.91. The molecular weight excluding hydrogens is 224 g/mol. The van der Waals surface area contributed by atoms with Crippen LogP contribution in [-0.2, 0) is 4.79 Å². The number of nitrogens with one attached hydrogen (secondary N) is 2. The number of hydrogen-bond acceptors (Lipinski definition) is 2. The second-order valence-electron chi connectivity index (χ2n) is 4.77. The van der Waals surface area contributed by atoms with E-state index in [-0.39, 0.29) is 23.7 Å². The van der Waals surface area contributed by atoms with Crippen LogP contribution in [0.5, 0.6) is 0 Å². The number of carbonyl (C=O) groups excluding carboxylic acids is 1. The average Bonchev–Trinajstić information content (AvgIpc) is 2.66. The van der Waals surface area contributed by atoms with E-state index in [2.05, 4.69) is 24.5 Å². The van der Waals surface area contributed by atoms with Gasteiger partial charge in [-0.15, -0.1) is 12.4 Å². The largest absolute Gasteiger partial charge is 0.354 e. The first kappa shape index (κ1) is 15.7. The topological polar surface area (TPSA) is 41.1 Å². The SMILES string of the molecule is CCCNCCNC(=O)C1(C)CCCC1.Cl. The van der Waals surface area contributed by atoms with Gasteiger partial charge in [0, 0.05) is 18.5 Å². The summed E-state index contributed by atoms with van der Waals surface area (Å²) in [6, 6.07) is 0. The highest BCUT2D eigenvalue weighted by atomic mass is 35.5. The van der Waals surface area contributed by atoms with Crippen molar-refractivity contribution >= 4 is 18.3 Å². The lowest BCUT2D eigenvalue weighted by atomic mass is 9.88. The monoisotopic (exact) mass is 248 g/mol. The predicted octanol–water partition coefficient (Wildman–Crippen LogP) is 2.10. The molecule has 16 heavy (non-hydrogen) atoms. The third-order valence-corrected chi connectivity index (χ3v) is 3.27. The molecule has 1 aliphatic rings. The lowest BCUT2D eigenvalue weighted by molar-refractivity contribution is -0.129. The van der Waals surface area contributed by atoms with E-state index in [1.165, 1.54) is 12.8 Å². The van der Waals surface area contributed by atoms with Crippen LogP contribution in [0.1, 0.15) is 46.0 Å². The maximum absolute atomic E-state index is 11.9. The van der Waals surface area contributed by atoms with Crippen molar-refractivity contribution in [1.82, 2.24) is 10.6 Å². The van der Waals surface area contributed by atoms with Crippen LogP contribution in [0.3, 0.4) is 0 Å². The fourth-order valence-corrected chi connectivity index (χ4v) is 2.16. The van der Waals surface area contributed by atoms with E-state index < -0.39 is 0 Å². The van der Waals surface area contributed by atoms with Crippen molar-refractivity contribution in [3.8, 4) is 0 Å². The van der Waals surface area contributed by atoms with E-state index in [1.807, 2.05) is 0 Å². The first-order valence-corrected chi connectivity index (χ1v) is 6.18. The van der Waals surface area contributed by atoms with E-state index in [1.54, 1.807) is 0 Å². The van der Waals surface area contributed by atoms with Crippen molar-refractivity contribution in [1.29, 1.82) is 0 Å². The highest BCUT2D eigenvalue weighted by molar-refractivity contribution is 5.85. The molecular formula is C12H25ClN2O. The van der Waals surface area contributed by atoms with Crippen LogP contribution in [0, 0.1) is 5.41 Å². The summed E-state index contributed by atoms with van der Waals surface area (Å²) in [5, 5.41) is 6.30. The summed E-state index contributed by atoms with van der Waals surface area (Å²) in [7, 11) is 0. The Hall–Kier alpha value is -0.280. The molecule has 1 amide bonds. The molecule has 96 valence electrons. The molecule has 1 aliphatic carbocycles. The molecule has 1 rings (SSSR count). The third-order valence-electron chi connectivity index (χ3n) is 3.27. The minimum absolute atomic E-state index is 0. The minimum Gasteiger partial charge on any atom is -0.354 e. The molecule has 0 aromatic carbocycles. The Kier molecular flexibility index (Phi) is 7.77. The zero-order valence-corrected chi connectivity index (χ0v) is 11.3. The number of hydrogen-bond donors (Lipinski definition) is 2. The Labute approximate surface area is 105 Å². The van der Waals surface area contributed by atoms with Crippen molar-refractivity contribution in [2.75, 3.05) is 19.6 Å². The van der Waals surface area contributed by atoms with Gasteiger partial charge in [-0.05, 0) is 25.8 Å². The lowest BCUT2D eigenvalue weighted by Crippen LogP contribution is -2.40. The smallest absolute Gasteiger partial charge is 0.225 e. The molecule has 0 saturated heterocycles. The van der Waals surface area contributed by atoms with Crippen LogP contribution < -0.4 is 10.6 Å². The fraction of sp³-hybridized carbons (Fsp3) is 0.917. The van der Waals surface area contributed by atoms with E-state index in [4.69, 9.17) is 0 Å².